The fourth-order valence-corrected chi connectivity index (χ4v) is 1.60. The fraction of sp³-hybridized carbons (Fsp3) is 0.0625. The molecule has 2 rings (SSSR count). The quantitative estimate of drug-likeness (QED) is 0.519. The molecular formula is C16H14O3. The van der Waals surface area contributed by atoms with Crippen molar-refractivity contribution in [2.24, 2.45) is 0 Å². The van der Waals surface area contributed by atoms with Gasteiger partial charge in [0.05, 0.1) is 0 Å². The molecule has 0 spiro atoms. The van der Waals surface area contributed by atoms with Gasteiger partial charge in [-0.05, 0) is 30.7 Å². The number of aromatic hydroxyl groups is 1. The number of aryl methyl sites for hydroxylation is 1. The number of esters is 1. The van der Waals surface area contributed by atoms with Crippen LogP contribution < -0.4 is 4.74 Å². The molecule has 0 aromatic heterocycles. The van der Waals surface area contributed by atoms with Gasteiger partial charge in [0.25, 0.3) is 0 Å². The number of para-hydroxylation sites is 2. The second kappa shape index (κ2) is 5.87. The predicted molar refractivity (Wildman–Crippen MR) is 74.0 cm³/mol. The third kappa shape index (κ3) is 3.45. The Morgan fingerprint density at radius 1 is 1.11 bits per heavy atom. The lowest BCUT2D eigenvalue weighted by Gasteiger charge is -2.04. The number of benzene rings is 2. The molecule has 0 aliphatic rings. The molecule has 0 radical (unpaired) electrons. The molecule has 19 heavy (non-hydrogen) atoms. The third-order valence-electron chi connectivity index (χ3n) is 2.64. The van der Waals surface area contributed by atoms with Crippen molar-refractivity contribution in [1.29, 1.82) is 0 Å². The molecule has 2 aromatic carbocycles. The maximum Gasteiger partial charge on any atom is 0.336 e. The van der Waals surface area contributed by atoms with E-state index in [0.29, 0.717) is 11.3 Å². The van der Waals surface area contributed by atoms with Crippen LogP contribution in [0.3, 0.4) is 0 Å². The molecule has 0 fully saturated rings. The van der Waals surface area contributed by atoms with Crippen molar-refractivity contribution in [3.63, 3.8) is 0 Å². The van der Waals surface area contributed by atoms with Crippen molar-refractivity contribution in [3.05, 3.63) is 65.7 Å². The fourth-order valence-electron chi connectivity index (χ4n) is 1.60. The molecule has 0 atom stereocenters. The summed E-state index contributed by atoms with van der Waals surface area (Å²) in [5.41, 5.74) is 1.47. The Bertz CT molecular complexity index is 615. The third-order valence-corrected chi connectivity index (χ3v) is 2.64. The number of phenolic OH excluding ortho intramolecular Hbond substituents is 1. The number of ether oxygens (including phenoxy) is 1. The lowest BCUT2D eigenvalue weighted by molar-refractivity contribution is -0.128. The van der Waals surface area contributed by atoms with Gasteiger partial charge in [-0.2, -0.15) is 0 Å². The number of phenols is 1. The summed E-state index contributed by atoms with van der Waals surface area (Å²) in [6, 6.07) is 14.1. The number of carbonyl (C=O) groups is 1. The van der Waals surface area contributed by atoms with Crippen LogP contribution in [0, 0.1) is 6.92 Å². The molecule has 0 saturated heterocycles. The van der Waals surface area contributed by atoms with Gasteiger partial charge in [-0.25, -0.2) is 4.79 Å². The zero-order valence-electron chi connectivity index (χ0n) is 10.5. The zero-order chi connectivity index (χ0) is 13.7. The summed E-state index contributed by atoms with van der Waals surface area (Å²) >= 11 is 0. The van der Waals surface area contributed by atoms with Gasteiger partial charge in [0.15, 0.2) is 0 Å². The average Bonchev–Trinajstić information content (AvgIpc) is 2.40. The molecule has 2 aromatic rings. The molecule has 0 aliphatic heterocycles. The van der Waals surface area contributed by atoms with Gasteiger partial charge in [-0.1, -0.05) is 36.4 Å². The van der Waals surface area contributed by atoms with E-state index in [1.54, 1.807) is 30.3 Å². The summed E-state index contributed by atoms with van der Waals surface area (Å²) in [6.45, 7) is 1.87. The zero-order valence-corrected chi connectivity index (χ0v) is 10.5. The van der Waals surface area contributed by atoms with Gasteiger partial charge in [0.1, 0.15) is 11.5 Å². The van der Waals surface area contributed by atoms with Crippen LogP contribution >= 0.6 is 0 Å². The predicted octanol–water partition coefficient (Wildman–Crippen LogP) is 3.32. The second-order valence-electron chi connectivity index (χ2n) is 4.08. The first-order valence-corrected chi connectivity index (χ1v) is 5.90. The van der Waals surface area contributed by atoms with E-state index in [1.807, 2.05) is 25.1 Å². The summed E-state index contributed by atoms with van der Waals surface area (Å²) in [6.07, 6.45) is 2.82. The molecule has 3 nitrogen and oxygen atoms in total. The lowest BCUT2D eigenvalue weighted by atomic mass is 10.2. The Morgan fingerprint density at radius 3 is 2.53 bits per heavy atom. The van der Waals surface area contributed by atoms with Crippen LogP contribution in [-0.2, 0) is 4.79 Å². The van der Waals surface area contributed by atoms with Crippen molar-refractivity contribution < 1.29 is 14.6 Å². The molecule has 96 valence electrons. The second-order valence-corrected chi connectivity index (χ2v) is 4.08. The summed E-state index contributed by atoms with van der Waals surface area (Å²) in [5, 5.41) is 9.55. The highest BCUT2D eigenvalue weighted by Gasteiger charge is 2.03. The van der Waals surface area contributed by atoms with Crippen LogP contribution in [-0.4, -0.2) is 11.1 Å². The van der Waals surface area contributed by atoms with Crippen molar-refractivity contribution >= 4 is 12.0 Å². The molecule has 0 amide bonds. The summed E-state index contributed by atoms with van der Waals surface area (Å²) in [4.78, 5) is 11.7. The normalized spacial score (nSPS) is 10.6. The SMILES string of the molecule is Cc1ccccc1OC(=O)C=Cc1ccccc1O. The van der Waals surface area contributed by atoms with E-state index in [2.05, 4.69) is 0 Å². The van der Waals surface area contributed by atoms with Crippen LogP contribution in [0.15, 0.2) is 54.6 Å². The monoisotopic (exact) mass is 254 g/mol. The molecule has 0 unspecified atom stereocenters. The average molecular weight is 254 g/mol. The standard InChI is InChI=1S/C16H14O3/c1-12-6-2-5-9-15(12)19-16(18)11-10-13-7-3-4-8-14(13)17/h2-11,17H,1H3. The van der Waals surface area contributed by atoms with Crippen molar-refractivity contribution in [2.45, 2.75) is 6.92 Å². The smallest absolute Gasteiger partial charge is 0.336 e. The van der Waals surface area contributed by atoms with Gasteiger partial charge < -0.3 is 9.84 Å². The number of hydrogen-bond donors (Lipinski definition) is 1. The minimum Gasteiger partial charge on any atom is -0.507 e. The van der Waals surface area contributed by atoms with Gasteiger partial charge in [0, 0.05) is 11.6 Å². The number of rotatable bonds is 3. The molecule has 1 N–H and O–H groups in total. The molecule has 0 bridgehead atoms. The van der Waals surface area contributed by atoms with E-state index in [0.717, 1.165) is 5.56 Å². The Morgan fingerprint density at radius 2 is 1.79 bits per heavy atom. The van der Waals surface area contributed by atoms with Crippen LogP contribution in [0.2, 0.25) is 0 Å². The van der Waals surface area contributed by atoms with E-state index in [-0.39, 0.29) is 5.75 Å². The largest absolute Gasteiger partial charge is 0.507 e. The van der Waals surface area contributed by atoms with Crippen LogP contribution in [0.25, 0.3) is 6.08 Å². The summed E-state index contributed by atoms with van der Waals surface area (Å²) in [7, 11) is 0. The Labute approximate surface area is 111 Å². The summed E-state index contributed by atoms with van der Waals surface area (Å²) in [5.74, 6) is 0.189. The molecular weight excluding hydrogens is 240 g/mol. The summed E-state index contributed by atoms with van der Waals surface area (Å²) < 4.78 is 5.20. The van der Waals surface area contributed by atoms with Gasteiger partial charge >= 0.3 is 5.97 Å². The van der Waals surface area contributed by atoms with Crippen molar-refractivity contribution in [2.75, 3.05) is 0 Å². The number of hydrogen-bond acceptors (Lipinski definition) is 3. The Hall–Kier alpha value is -2.55. The Kier molecular flexibility index (Phi) is 3.98. The van der Waals surface area contributed by atoms with Crippen molar-refractivity contribution in [1.82, 2.24) is 0 Å². The van der Waals surface area contributed by atoms with Crippen molar-refractivity contribution in [3.8, 4) is 11.5 Å². The number of carbonyl (C=O) groups excluding carboxylic acids is 1. The minimum atomic E-state index is -0.474. The topological polar surface area (TPSA) is 46.5 Å². The van der Waals surface area contributed by atoms with E-state index < -0.39 is 5.97 Å². The van der Waals surface area contributed by atoms with E-state index in [4.69, 9.17) is 4.74 Å². The molecule has 0 heterocycles. The lowest BCUT2D eigenvalue weighted by Crippen LogP contribution is -2.04. The highest BCUT2D eigenvalue weighted by Crippen LogP contribution is 2.18. The molecule has 3 heteroatoms. The van der Waals surface area contributed by atoms with Crippen LogP contribution in [0.1, 0.15) is 11.1 Å². The maximum absolute atomic E-state index is 11.7. The van der Waals surface area contributed by atoms with E-state index in [1.165, 1.54) is 12.2 Å². The first kappa shape index (κ1) is 12.9. The maximum atomic E-state index is 11.7. The highest BCUT2D eigenvalue weighted by atomic mass is 16.5. The molecule has 0 aliphatic carbocycles. The first-order chi connectivity index (χ1) is 9.16. The first-order valence-electron chi connectivity index (χ1n) is 5.90. The van der Waals surface area contributed by atoms with E-state index >= 15 is 0 Å². The highest BCUT2D eigenvalue weighted by molar-refractivity contribution is 5.89. The van der Waals surface area contributed by atoms with Crippen LogP contribution in [0.5, 0.6) is 11.5 Å². The molecule has 0 saturated carbocycles. The van der Waals surface area contributed by atoms with Gasteiger partial charge in [-0.15, -0.1) is 0 Å². The van der Waals surface area contributed by atoms with Crippen LogP contribution in [0.4, 0.5) is 0 Å². The van der Waals surface area contributed by atoms with E-state index in [9.17, 15) is 9.90 Å². The minimum absolute atomic E-state index is 0.127. The van der Waals surface area contributed by atoms with Gasteiger partial charge in [0.2, 0.25) is 0 Å². The Balaban J connectivity index is 2.06. The van der Waals surface area contributed by atoms with Gasteiger partial charge in [-0.3, -0.25) is 0 Å².